The van der Waals surface area contributed by atoms with Crippen molar-refractivity contribution in [2.75, 3.05) is 6.54 Å². The average Bonchev–Trinajstić information content (AvgIpc) is 2.48. The maximum absolute atomic E-state index is 14.0. The lowest BCUT2D eigenvalue weighted by Gasteiger charge is -2.17. The normalized spacial score (nSPS) is 12.4. The second-order valence-electron chi connectivity index (χ2n) is 5.26. The largest absolute Gasteiger partial charge is 0.330 e. The van der Waals surface area contributed by atoms with Crippen molar-refractivity contribution < 1.29 is 8.78 Å². The van der Waals surface area contributed by atoms with Gasteiger partial charge in [0.05, 0.1) is 4.47 Å². The highest BCUT2D eigenvalue weighted by Crippen LogP contribution is 2.25. The maximum Gasteiger partial charge on any atom is 0.143 e. The quantitative estimate of drug-likeness (QED) is 0.792. The molecule has 0 heterocycles. The summed E-state index contributed by atoms with van der Waals surface area (Å²) in [5, 5.41) is 0. The van der Waals surface area contributed by atoms with Crippen molar-refractivity contribution in [2.45, 2.75) is 19.8 Å². The van der Waals surface area contributed by atoms with Gasteiger partial charge in [0.2, 0.25) is 0 Å². The Morgan fingerprint density at radius 3 is 2.48 bits per heavy atom. The van der Waals surface area contributed by atoms with E-state index in [0.29, 0.717) is 19.4 Å². The lowest BCUT2D eigenvalue weighted by atomic mass is 9.90. The second-order valence-corrected chi connectivity index (χ2v) is 6.11. The first-order chi connectivity index (χ1) is 10.0. The van der Waals surface area contributed by atoms with Crippen LogP contribution in [-0.2, 0) is 12.8 Å². The number of aryl methyl sites for hydroxylation is 1. The van der Waals surface area contributed by atoms with Crippen LogP contribution in [0.15, 0.2) is 40.9 Å². The molecule has 2 aromatic carbocycles. The number of halogens is 3. The van der Waals surface area contributed by atoms with Crippen molar-refractivity contribution in [3.63, 3.8) is 0 Å². The Morgan fingerprint density at radius 2 is 1.81 bits per heavy atom. The maximum atomic E-state index is 14.0. The minimum absolute atomic E-state index is 0.00407. The van der Waals surface area contributed by atoms with Gasteiger partial charge in [-0.15, -0.1) is 0 Å². The first-order valence-corrected chi connectivity index (χ1v) is 7.69. The Bertz CT molecular complexity index is 628. The van der Waals surface area contributed by atoms with E-state index in [1.54, 1.807) is 0 Å². The van der Waals surface area contributed by atoms with Crippen LogP contribution in [0.1, 0.15) is 16.7 Å². The van der Waals surface area contributed by atoms with Gasteiger partial charge in [-0.1, -0.05) is 24.3 Å². The van der Waals surface area contributed by atoms with Gasteiger partial charge in [-0.05, 0) is 71.4 Å². The van der Waals surface area contributed by atoms with E-state index in [2.05, 4.69) is 15.9 Å². The van der Waals surface area contributed by atoms with E-state index in [0.717, 1.165) is 0 Å². The van der Waals surface area contributed by atoms with E-state index in [1.807, 2.05) is 31.2 Å². The summed E-state index contributed by atoms with van der Waals surface area (Å²) in [5.41, 5.74) is 8.25. The van der Waals surface area contributed by atoms with Crippen LogP contribution in [-0.4, -0.2) is 6.54 Å². The van der Waals surface area contributed by atoms with Crippen LogP contribution in [0.3, 0.4) is 0 Å². The first-order valence-electron chi connectivity index (χ1n) is 6.90. The Morgan fingerprint density at radius 1 is 1.10 bits per heavy atom. The highest BCUT2D eigenvalue weighted by molar-refractivity contribution is 9.10. The third-order valence-electron chi connectivity index (χ3n) is 3.73. The topological polar surface area (TPSA) is 26.0 Å². The predicted octanol–water partition coefficient (Wildman–Crippen LogP) is 4.40. The molecule has 21 heavy (non-hydrogen) atoms. The Balaban J connectivity index is 2.21. The van der Waals surface area contributed by atoms with E-state index in [4.69, 9.17) is 5.73 Å². The monoisotopic (exact) mass is 353 g/mol. The predicted molar refractivity (Wildman–Crippen MR) is 85.2 cm³/mol. The standard InChI is InChI=1S/C17H18BrF2N/c1-11-4-2-3-5-13(11)8-12(10-21)9-14-16(19)7-6-15(18)17(14)20/h2-7,12H,8-10,21H2,1H3. The summed E-state index contributed by atoms with van der Waals surface area (Å²) in [4.78, 5) is 0. The number of nitrogens with two attached hydrogens (primary N) is 1. The summed E-state index contributed by atoms with van der Waals surface area (Å²) >= 11 is 3.10. The molecule has 0 spiro atoms. The van der Waals surface area contributed by atoms with Gasteiger partial charge in [-0.3, -0.25) is 0 Å². The summed E-state index contributed by atoms with van der Waals surface area (Å²) < 4.78 is 28.2. The van der Waals surface area contributed by atoms with E-state index >= 15 is 0 Å². The lowest BCUT2D eigenvalue weighted by Crippen LogP contribution is -2.21. The van der Waals surface area contributed by atoms with E-state index < -0.39 is 11.6 Å². The molecule has 2 aromatic rings. The fourth-order valence-electron chi connectivity index (χ4n) is 2.43. The summed E-state index contributed by atoms with van der Waals surface area (Å²) in [7, 11) is 0. The van der Waals surface area contributed by atoms with Gasteiger partial charge in [-0.25, -0.2) is 8.78 Å². The van der Waals surface area contributed by atoms with Crippen molar-refractivity contribution in [3.05, 3.63) is 69.2 Å². The number of hydrogen-bond donors (Lipinski definition) is 1. The number of benzene rings is 2. The minimum Gasteiger partial charge on any atom is -0.330 e. The molecule has 0 aliphatic carbocycles. The Labute approximate surface area is 132 Å². The molecule has 0 saturated carbocycles. The summed E-state index contributed by atoms with van der Waals surface area (Å²) in [6, 6.07) is 10.7. The number of rotatable bonds is 5. The highest BCUT2D eigenvalue weighted by atomic mass is 79.9. The van der Waals surface area contributed by atoms with Crippen molar-refractivity contribution in [2.24, 2.45) is 11.7 Å². The molecule has 0 amide bonds. The Hall–Kier alpha value is -1.26. The van der Waals surface area contributed by atoms with Crippen LogP contribution < -0.4 is 5.73 Å². The molecule has 0 aliphatic heterocycles. The summed E-state index contributed by atoms with van der Waals surface area (Å²) in [6.07, 6.45) is 1.01. The summed E-state index contributed by atoms with van der Waals surface area (Å²) in [5.74, 6) is -1.04. The van der Waals surface area contributed by atoms with Gasteiger partial charge in [0.1, 0.15) is 11.6 Å². The number of hydrogen-bond acceptors (Lipinski definition) is 1. The van der Waals surface area contributed by atoms with Gasteiger partial charge in [0, 0.05) is 5.56 Å². The highest BCUT2D eigenvalue weighted by Gasteiger charge is 2.18. The molecule has 1 atom stereocenters. The fraction of sp³-hybridized carbons (Fsp3) is 0.294. The van der Waals surface area contributed by atoms with Crippen LogP contribution >= 0.6 is 15.9 Å². The molecule has 1 nitrogen and oxygen atoms in total. The van der Waals surface area contributed by atoms with Gasteiger partial charge in [-0.2, -0.15) is 0 Å². The van der Waals surface area contributed by atoms with Crippen molar-refractivity contribution >= 4 is 15.9 Å². The molecule has 0 aliphatic rings. The summed E-state index contributed by atoms with van der Waals surface area (Å²) in [6.45, 7) is 2.42. The van der Waals surface area contributed by atoms with Crippen molar-refractivity contribution in [3.8, 4) is 0 Å². The Kier molecular flexibility index (Phi) is 5.48. The molecule has 1 unspecified atom stereocenters. The molecular weight excluding hydrogens is 336 g/mol. The van der Waals surface area contributed by atoms with E-state index in [9.17, 15) is 8.78 Å². The minimum atomic E-state index is -0.529. The molecule has 4 heteroatoms. The first kappa shape index (κ1) is 16.1. The molecule has 2 N–H and O–H groups in total. The zero-order valence-corrected chi connectivity index (χ0v) is 13.5. The average molecular weight is 354 g/mol. The van der Waals surface area contributed by atoms with Crippen molar-refractivity contribution in [1.29, 1.82) is 0 Å². The van der Waals surface area contributed by atoms with Crippen LogP contribution in [0.25, 0.3) is 0 Å². The molecule has 0 aromatic heterocycles. The van der Waals surface area contributed by atoms with Crippen molar-refractivity contribution in [1.82, 2.24) is 0 Å². The third-order valence-corrected chi connectivity index (χ3v) is 4.35. The second kappa shape index (κ2) is 7.14. The molecule has 2 rings (SSSR count). The fourth-order valence-corrected chi connectivity index (χ4v) is 2.81. The molecular formula is C17H18BrF2N. The zero-order chi connectivity index (χ0) is 15.4. The molecule has 0 saturated heterocycles. The molecule has 0 radical (unpaired) electrons. The van der Waals surface area contributed by atoms with Gasteiger partial charge < -0.3 is 5.73 Å². The lowest BCUT2D eigenvalue weighted by molar-refractivity contribution is 0.483. The van der Waals surface area contributed by atoms with Gasteiger partial charge >= 0.3 is 0 Å². The van der Waals surface area contributed by atoms with E-state index in [-0.39, 0.29) is 16.0 Å². The van der Waals surface area contributed by atoms with Crippen LogP contribution in [0, 0.1) is 24.5 Å². The SMILES string of the molecule is Cc1ccccc1CC(CN)Cc1c(F)ccc(Br)c1F. The van der Waals surface area contributed by atoms with Gasteiger partial charge in [0.25, 0.3) is 0 Å². The zero-order valence-electron chi connectivity index (χ0n) is 11.9. The molecule has 0 bridgehead atoms. The smallest absolute Gasteiger partial charge is 0.143 e. The van der Waals surface area contributed by atoms with Crippen LogP contribution in [0.5, 0.6) is 0 Å². The van der Waals surface area contributed by atoms with Gasteiger partial charge in [0.15, 0.2) is 0 Å². The van der Waals surface area contributed by atoms with Crippen LogP contribution in [0.4, 0.5) is 8.78 Å². The van der Waals surface area contributed by atoms with Crippen LogP contribution in [0.2, 0.25) is 0 Å². The molecule has 0 fully saturated rings. The molecule has 112 valence electrons. The van der Waals surface area contributed by atoms with E-state index in [1.165, 1.54) is 23.3 Å². The third kappa shape index (κ3) is 3.89.